The van der Waals surface area contributed by atoms with E-state index in [9.17, 15) is 4.39 Å². The first-order valence-electron chi connectivity index (χ1n) is 6.46. The van der Waals surface area contributed by atoms with Gasteiger partial charge in [-0.1, -0.05) is 41.1 Å². The van der Waals surface area contributed by atoms with Crippen LogP contribution in [0.25, 0.3) is 11.1 Å². The maximum Gasteiger partial charge on any atom is 0.131 e. The van der Waals surface area contributed by atoms with Gasteiger partial charge in [0.15, 0.2) is 0 Å². The molecule has 0 heterocycles. The molecule has 0 spiro atoms. The van der Waals surface area contributed by atoms with Crippen LogP contribution in [0.2, 0.25) is 0 Å². The molecule has 0 fully saturated rings. The molecule has 1 N–H and O–H groups in total. The van der Waals surface area contributed by atoms with E-state index in [1.54, 1.807) is 6.07 Å². The van der Waals surface area contributed by atoms with E-state index in [0.717, 1.165) is 35.1 Å². The highest BCUT2D eigenvalue weighted by Gasteiger charge is 2.06. The summed E-state index contributed by atoms with van der Waals surface area (Å²) >= 11 is 3.42. The van der Waals surface area contributed by atoms with Crippen LogP contribution in [0.1, 0.15) is 18.9 Å². The highest BCUT2D eigenvalue weighted by molar-refractivity contribution is 9.10. The molecule has 0 aliphatic rings. The number of halogens is 2. The van der Waals surface area contributed by atoms with Crippen LogP contribution in [0.15, 0.2) is 46.9 Å². The molecule has 19 heavy (non-hydrogen) atoms. The normalized spacial score (nSPS) is 10.7. The minimum absolute atomic E-state index is 0.183. The lowest BCUT2D eigenvalue weighted by atomic mass is 10.0. The molecule has 0 aromatic heterocycles. The summed E-state index contributed by atoms with van der Waals surface area (Å²) in [5.74, 6) is -0.183. The molecule has 1 nitrogen and oxygen atoms in total. The Bertz CT molecular complexity index is 554. The van der Waals surface area contributed by atoms with Gasteiger partial charge in [0, 0.05) is 16.6 Å². The van der Waals surface area contributed by atoms with E-state index in [1.807, 2.05) is 36.4 Å². The van der Waals surface area contributed by atoms with Gasteiger partial charge in [0.1, 0.15) is 5.82 Å². The van der Waals surface area contributed by atoms with Crippen LogP contribution >= 0.6 is 15.9 Å². The second-order valence-electron chi connectivity index (χ2n) is 4.50. The quantitative estimate of drug-likeness (QED) is 0.783. The zero-order valence-electron chi connectivity index (χ0n) is 10.9. The summed E-state index contributed by atoms with van der Waals surface area (Å²) in [4.78, 5) is 0. The van der Waals surface area contributed by atoms with E-state index >= 15 is 0 Å². The highest BCUT2D eigenvalue weighted by Crippen LogP contribution is 2.26. The largest absolute Gasteiger partial charge is 0.313 e. The second-order valence-corrected chi connectivity index (χ2v) is 5.42. The van der Waals surface area contributed by atoms with Crippen LogP contribution in [0.3, 0.4) is 0 Å². The Morgan fingerprint density at radius 3 is 2.74 bits per heavy atom. The topological polar surface area (TPSA) is 12.0 Å². The number of rotatable bonds is 5. The van der Waals surface area contributed by atoms with Crippen LogP contribution in [-0.2, 0) is 6.54 Å². The summed E-state index contributed by atoms with van der Waals surface area (Å²) in [7, 11) is 0. The van der Waals surface area contributed by atoms with Crippen molar-refractivity contribution in [1.29, 1.82) is 0 Å². The standard InChI is InChI=1S/C16H17BrFN/c1-2-8-19-11-12-6-7-16(18)15(9-12)13-4-3-5-14(17)10-13/h3-7,9-10,19H,2,8,11H2,1H3. The van der Waals surface area contributed by atoms with Crippen molar-refractivity contribution in [3.8, 4) is 11.1 Å². The Morgan fingerprint density at radius 2 is 2.00 bits per heavy atom. The van der Waals surface area contributed by atoms with Crippen molar-refractivity contribution in [1.82, 2.24) is 5.32 Å². The summed E-state index contributed by atoms with van der Waals surface area (Å²) in [5.41, 5.74) is 2.64. The molecule has 0 saturated heterocycles. The predicted octanol–water partition coefficient (Wildman–Crippen LogP) is 4.75. The molecule has 2 aromatic carbocycles. The fourth-order valence-electron chi connectivity index (χ4n) is 1.97. The van der Waals surface area contributed by atoms with Crippen molar-refractivity contribution in [3.63, 3.8) is 0 Å². The molecule has 0 radical (unpaired) electrons. The van der Waals surface area contributed by atoms with Gasteiger partial charge in [0.05, 0.1) is 0 Å². The molecule has 0 bridgehead atoms. The predicted molar refractivity (Wildman–Crippen MR) is 81.5 cm³/mol. The monoisotopic (exact) mass is 321 g/mol. The summed E-state index contributed by atoms with van der Waals surface area (Å²) < 4.78 is 14.9. The third-order valence-corrected chi connectivity index (χ3v) is 3.42. The average molecular weight is 322 g/mol. The van der Waals surface area contributed by atoms with E-state index in [2.05, 4.69) is 28.2 Å². The first-order chi connectivity index (χ1) is 9.20. The Kier molecular flexibility index (Phi) is 5.11. The average Bonchev–Trinajstić information content (AvgIpc) is 2.41. The summed E-state index contributed by atoms with van der Waals surface area (Å²) in [6, 6.07) is 13.0. The second kappa shape index (κ2) is 6.83. The SMILES string of the molecule is CCCNCc1ccc(F)c(-c2cccc(Br)c2)c1. The van der Waals surface area contributed by atoms with Crippen LogP contribution in [0, 0.1) is 5.82 Å². The molecule has 3 heteroatoms. The zero-order valence-corrected chi connectivity index (χ0v) is 12.5. The number of hydrogen-bond acceptors (Lipinski definition) is 1. The third kappa shape index (κ3) is 3.88. The Morgan fingerprint density at radius 1 is 1.16 bits per heavy atom. The van der Waals surface area contributed by atoms with Gasteiger partial charge in [-0.25, -0.2) is 4.39 Å². The molecule has 0 unspecified atom stereocenters. The van der Waals surface area contributed by atoms with Crippen LogP contribution in [-0.4, -0.2) is 6.54 Å². The van der Waals surface area contributed by atoms with Crippen molar-refractivity contribution < 1.29 is 4.39 Å². The molecule has 0 aliphatic heterocycles. The van der Waals surface area contributed by atoms with E-state index in [0.29, 0.717) is 5.56 Å². The number of hydrogen-bond donors (Lipinski definition) is 1. The van der Waals surface area contributed by atoms with E-state index in [-0.39, 0.29) is 5.82 Å². The lowest BCUT2D eigenvalue weighted by molar-refractivity contribution is 0.628. The minimum atomic E-state index is -0.183. The van der Waals surface area contributed by atoms with E-state index in [4.69, 9.17) is 0 Å². The Hall–Kier alpha value is -1.19. The molecular weight excluding hydrogens is 305 g/mol. The fraction of sp³-hybridized carbons (Fsp3) is 0.250. The van der Waals surface area contributed by atoms with Gasteiger partial charge in [-0.05, 0) is 48.4 Å². The van der Waals surface area contributed by atoms with Gasteiger partial charge < -0.3 is 5.32 Å². The first-order valence-corrected chi connectivity index (χ1v) is 7.25. The molecule has 0 aliphatic carbocycles. The third-order valence-electron chi connectivity index (χ3n) is 2.92. The minimum Gasteiger partial charge on any atom is -0.313 e. The summed E-state index contributed by atoms with van der Waals surface area (Å²) in [6.45, 7) is 3.88. The maximum absolute atomic E-state index is 13.9. The maximum atomic E-state index is 13.9. The van der Waals surface area contributed by atoms with Crippen molar-refractivity contribution in [3.05, 3.63) is 58.3 Å². The molecule has 0 amide bonds. The molecule has 2 aromatic rings. The number of nitrogens with one attached hydrogen (secondary N) is 1. The molecular formula is C16H17BrFN. The molecule has 2 rings (SSSR count). The fourth-order valence-corrected chi connectivity index (χ4v) is 2.37. The van der Waals surface area contributed by atoms with Gasteiger partial charge in [-0.2, -0.15) is 0 Å². The van der Waals surface area contributed by atoms with Crippen molar-refractivity contribution in [2.45, 2.75) is 19.9 Å². The zero-order chi connectivity index (χ0) is 13.7. The lowest BCUT2D eigenvalue weighted by Crippen LogP contribution is -2.13. The first kappa shape index (κ1) is 14.2. The van der Waals surface area contributed by atoms with E-state index < -0.39 is 0 Å². The number of benzene rings is 2. The van der Waals surface area contributed by atoms with Crippen LogP contribution < -0.4 is 5.32 Å². The molecule has 0 saturated carbocycles. The van der Waals surface area contributed by atoms with Crippen molar-refractivity contribution in [2.24, 2.45) is 0 Å². The smallest absolute Gasteiger partial charge is 0.131 e. The van der Waals surface area contributed by atoms with Crippen molar-refractivity contribution in [2.75, 3.05) is 6.54 Å². The summed E-state index contributed by atoms with van der Waals surface area (Å²) in [6.07, 6.45) is 1.10. The van der Waals surface area contributed by atoms with Gasteiger partial charge >= 0.3 is 0 Å². The highest BCUT2D eigenvalue weighted by atomic mass is 79.9. The van der Waals surface area contributed by atoms with Gasteiger partial charge in [0.2, 0.25) is 0 Å². The molecule has 0 atom stereocenters. The van der Waals surface area contributed by atoms with Crippen LogP contribution in [0.5, 0.6) is 0 Å². The van der Waals surface area contributed by atoms with E-state index in [1.165, 1.54) is 0 Å². The van der Waals surface area contributed by atoms with Crippen molar-refractivity contribution >= 4 is 15.9 Å². The van der Waals surface area contributed by atoms with Gasteiger partial charge in [-0.3, -0.25) is 0 Å². The Balaban J connectivity index is 2.26. The summed E-state index contributed by atoms with van der Waals surface area (Å²) in [5, 5.41) is 3.33. The molecule has 100 valence electrons. The lowest BCUT2D eigenvalue weighted by Gasteiger charge is -2.08. The van der Waals surface area contributed by atoms with Crippen LogP contribution in [0.4, 0.5) is 4.39 Å². The van der Waals surface area contributed by atoms with Gasteiger partial charge in [-0.15, -0.1) is 0 Å². The Labute approximate surface area is 122 Å². The van der Waals surface area contributed by atoms with Gasteiger partial charge in [0.25, 0.3) is 0 Å².